The molecule has 0 aliphatic heterocycles. The van der Waals surface area contributed by atoms with Crippen LogP contribution >= 0.6 is 11.3 Å². The van der Waals surface area contributed by atoms with Crippen LogP contribution in [0.2, 0.25) is 0 Å². The predicted octanol–water partition coefficient (Wildman–Crippen LogP) is 0.222. The number of primary sulfonamides is 1. The quantitative estimate of drug-likeness (QED) is 0.690. The SMILES string of the molecule is Cc1nnc(NC(=O)CNCc2ccc(S(N)(=O)=O)cc2)s1. The van der Waals surface area contributed by atoms with Gasteiger partial charge in [0, 0.05) is 6.54 Å². The summed E-state index contributed by atoms with van der Waals surface area (Å²) in [5, 5.41) is 19.4. The number of nitrogens with two attached hydrogens (primary N) is 1. The molecule has 8 nitrogen and oxygen atoms in total. The number of benzene rings is 1. The highest BCUT2D eigenvalue weighted by Crippen LogP contribution is 2.13. The summed E-state index contributed by atoms with van der Waals surface area (Å²) in [5.74, 6) is -0.225. The van der Waals surface area contributed by atoms with E-state index in [1.54, 1.807) is 19.1 Å². The van der Waals surface area contributed by atoms with Gasteiger partial charge in [0.15, 0.2) is 0 Å². The highest BCUT2D eigenvalue weighted by Gasteiger charge is 2.08. The summed E-state index contributed by atoms with van der Waals surface area (Å²) >= 11 is 1.30. The van der Waals surface area contributed by atoms with Gasteiger partial charge in [-0.3, -0.25) is 10.1 Å². The zero-order valence-corrected chi connectivity index (χ0v) is 13.4. The second kappa shape index (κ2) is 6.92. The molecule has 0 radical (unpaired) electrons. The van der Waals surface area contributed by atoms with Crippen molar-refractivity contribution < 1.29 is 13.2 Å². The normalized spacial score (nSPS) is 11.4. The second-order valence-electron chi connectivity index (χ2n) is 4.47. The molecule has 2 rings (SSSR count). The number of hydrogen-bond acceptors (Lipinski definition) is 7. The summed E-state index contributed by atoms with van der Waals surface area (Å²) in [6, 6.07) is 6.13. The fourth-order valence-corrected chi connectivity index (χ4v) is 2.75. The van der Waals surface area contributed by atoms with Gasteiger partial charge in [-0.15, -0.1) is 10.2 Å². The molecule has 0 unspecified atom stereocenters. The number of anilines is 1. The largest absolute Gasteiger partial charge is 0.304 e. The maximum atomic E-state index is 11.7. The summed E-state index contributed by atoms with van der Waals surface area (Å²) in [5.41, 5.74) is 0.840. The minimum atomic E-state index is -3.68. The van der Waals surface area contributed by atoms with Crippen molar-refractivity contribution in [2.75, 3.05) is 11.9 Å². The van der Waals surface area contributed by atoms with E-state index in [0.29, 0.717) is 11.7 Å². The molecule has 0 fully saturated rings. The van der Waals surface area contributed by atoms with E-state index in [1.165, 1.54) is 23.5 Å². The van der Waals surface area contributed by atoms with E-state index in [9.17, 15) is 13.2 Å². The Labute approximate surface area is 131 Å². The van der Waals surface area contributed by atoms with E-state index in [-0.39, 0.29) is 17.3 Å². The number of aryl methyl sites for hydroxylation is 1. The molecule has 1 aromatic carbocycles. The van der Waals surface area contributed by atoms with Gasteiger partial charge < -0.3 is 5.32 Å². The van der Waals surface area contributed by atoms with Crippen LogP contribution in [0.25, 0.3) is 0 Å². The maximum Gasteiger partial charge on any atom is 0.240 e. The van der Waals surface area contributed by atoms with Gasteiger partial charge in [-0.05, 0) is 24.6 Å². The van der Waals surface area contributed by atoms with E-state index in [0.717, 1.165) is 10.6 Å². The summed E-state index contributed by atoms with van der Waals surface area (Å²) in [6.07, 6.45) is 0. The minimum Gasteiger partial charge on any atom is -0.304 e. The molecule has 22 heavy (non-hydrogen) atoms. The van der Waals surface area contributed by atoms with Crippen LogP contribution in [0, 0.1) is 6.92 Å². The van der Waals surface area contributed by atoms with Crippen LogP contribution in [0.5, 0.6) is 0 Å². The van der Waals surface area contributed by atoms with Gasteiger partial charge in [-0.1, -0.05) is 23.5 Å². The first-order chi connectivity index (χ1) is 10.3. The van der Waals surface area contributed by atoms with Crippen LogP contribution in [0.1, 0.15) is 10.6 Å². The minimum absolute atomic E-state index is 0.0561. The maximum absolute atomic E-state index is 11.7. The highest BCUT2D eigenvalue weighted by atomic mass is 32.2. The lowest BCUT2D eigenvalue weighted by molar-refractivity contribution is -0.115. The molecule has 10 heteroatoms. The monoisotopic (exact) mass is 341 g/mol. The number of hydrogen-bond donors (Lipinski definition) is 3. The Hall–Kier alpha value is -1.88. The molecule has 2 aromatic rings. The lowest BCUT2D eigenvalue weighted by atomic mass is 10.2. The van der Waals surface area contributed by atoms with Crippen LogP contribution in [0.15, 0.2) is 29.2 Å². The van der Waals surface area contributed by atoms with Gasteiger partial charge in [0.05, 0.1) is 11.4 Å². The molecule has 0 atom stereocenters. The molecular formula is C12H15N5O3S2. The van der Waals surface area contributed by atoms with Gasteiger partial charge in [0.25, 0.3) is 0 Å². The van der Waals surface area contributed by atoms with E-state index in [1.807, 2.05) is 0 Å². The third-order valence-corrected chi connectivity index (χ3v) is 4.32. The number of nitrogens with one attached hydrogen (secondary N) is 2. The second-order valence-corrected chi connectivity index (χ2v) is 7.21. The Morgan fingerprint density at radius 3 is 2.50 bits per heavy atom. The molecule has 0 saturated carbocycles. The van der Waals surface area contributed by atoms with E-state index in [4.69, 9.17) is 5.14 Å². The summed E-state index contributed by atoms with van der Waals surface area (Å²) < 4.78 is 22.2. The van der Waals surface area contributed by atoms with Crippen LogP contribution in [0.3, 0.4) is 0 Å². The Morgan fingerprint density at radius 1 is 1.27 bits per heavy atom. The smallest absolute Gasteiger partial charge is 0.240 e. The Kier molecular flexibility index (Phi) is 5.19. The van der Waals surface area contributed by atoms with Crippen molar-refractivity contribution >= 4 is 32.4 Å². The van der Waals surface area contributed by atoms with Crippen molar-refractivity contribution in [3.63, 3.8) is 0 Å². The molecule has 118 valence electrons. The number of carbonyl (C=O) groups excluding carboxylic acids is 1. The number of sulfonamides is 1. The van der Waals surface area contributed by atoms with Gasteiger partial charge in [-0.25, -0.2) is 13.6 Å². The summed E-state index contributed by atoms with van der Waals surface area (Å²) in [6.45, 7) is 2.33. The molecule has 4 N–H and O–H groups in total. The Balaban J connectivity index is 1.79. The van der Waals surface area contributed by atoms with Gasteiger partial charge in [-0.2, -0.15) is 0 Å². The lowest BCUT2D eigenvalue weighted by Gasteiger charge is -2.05. The fraction of sp³-hybridized carbons (Fsp3) is 0.250. The average Bonchev–Trinajstić information content (AvgIpc) is 2.83. The zero-order valence-electron chi connectivity index (χ0n) is 11.7. The molecule has 0 bridgehead atoms. The molecule has 0 aliphatic carbocycles. The molecule has 1 amide bonds. The predicted molar refractivity (Wildman–Crippen MR) is 82.8 cm³/mol. The third-order valence-electron chi connectivity index (χ3n) is 2.64. The van der Waals surface area contributed by atoms with Crippen molar-refractivity contribution in [2.24, 2.45) is 5.14 Å². The molecule has 0 spiro atoms. The van der Waals surface area contributed by atoms with Crippen molar-refractivity contribution in [1.29, 1.82) is 0 Å². The molecule has 0 saturated heterocycles. The number of nitrogens with zero attached hydrogens (tertiary/aromatic N) is 2. The van der Waals surface area contributed by atoms with Crippen molar-refractivity contribution in [3.8, 4) is 0 Å². The summed E-state index contributed by atoms with van der Waals surface area (Å²) in [4.78, 5) is 11.7. The molecule has 1 heterocycles. The standard InChI is InChI=1S/C12H15N5O3S2/c1-8-16-17-12(21-8)15-11(18)7-14-6-9-2-4-10(5-3-9)22(13,19)20/h2-5,14H,6-7H2,1H3,(H2,13,19,20)(H,15,17,18). The fourth-order valence-electron chi connectivity index (χ4n) is 1.63. The Morgan fingerprint density at radius 2 is 1.95 bits per heavy atom. The van der Waals surface area contributed by atoms with Crippen molar-refractivity contribution in [1.82, 2.24) is 15.5 Å². The molecule has 0 aliphatic rings. The van der Waals surface area contributed by atoms with Crippen molar-refractivity contribution in [3.05, 3.63) is 34.8 Å². The van der Waals surface area contributed by atoms with Gasteiger partial charge in [0.1, 0.15) is 5.01 Å². The zero-order chi connectivity index (χ0) is 16.2. The Bertz CT molecular complexity index is 755. The number of amides is 1. The molecule has 1 aromatic heterocycles. The topological polar surface area (TPSA) is 127 Å². The number of carbonyl (C=O) groups is 1. The van der Waals surface area contributed by atoms with Gasteiger partial charge >= 0.3 is 0 Å². The van der Waals surface area contributed by atoms with E-state index < -0.39 is 10.0 Å². The molecular weight excluding hydrogens is 326 g/mol. The number of aromatic nitrogens is 2. The van der Waals surface area contributed by atoms with Crippen LogP contribution < -0.4 is 15.8 Å². The first kappa shape index (κ1) is 16.5. The summed E-state index contributed by atoms with van der Waals surface area (Å²) in [7, 11) is -3.68. The van der Waals surface area contributed by atoms with Crippen molar-refractivity contribution in [2.45, 2.75) is 18.4 Å². The highest BCUT2D eigenvalue weighted by molar-refractivity contribution is 7.89. The first-order valence-corrected chi connectivity index (χ1v) is 8.63. The van der Waals surface area contributed by atoms with E-state index in [2.05, 4.69) is 20.8 Å². The van der Waals surface area contributed by atoms with E-state index >= 15 is 0 Å². The third kappa shape index (κ3) is 4.84. The van der Waals surface area contributed by atoms with Crippen LogP contribution in [0.4, 0.5) is 5.13 Å². The lowest BCUT2D eigenvalue weighted by Crippen LogP contribution is -2.27. The first-order valence-electron chi connectivity index (χ1n) is 6.27. The van der Waals surface area contributed by atoms with Crippen LogP contribution in [-0.2, 0) is 21.4 Å². The van der Waals surface area contributed by atoms with Crippen LogP contribution in [-0.4, -0.2) is 31.1 Å². The number of rotatable bonds is 6. The average molecular weight is 341 g/mol. The van der Waals surface area contributed by atoms with Gasteiger partial charge in [0.2, 0.25) is 21.1 Å².